The number of hydrogen-bond donors (Lipinski definition) is 1. The Morgan fingerprint density at radius 2 is 1.63 bits per heavy atom. The van der Waals surface area contributed by atoms with E-state index in [1.54, 1.807) is 19.2 Å². The molecule has 5 aromatic rings. The first-order chi connectivity index (χ1) is 17.2. The molecule has 0 spiro atoms. The quantitative estimate of drug-likeness (QED) is 0.316. The first-order valence-electron chi connectivity index (χ1n) is 11.7. The van der Waals surface area contributed by atoms with Crippen molar-refractivity contribution in [2.24, 2.45) is 0 Å². The van der Waals surface area contributed by atoms with Gasteiger partial charge in [-0.25, -0.2) is 4.98 Å². The third-order valence-corrected chi connectivity index (χ3v) is 6.09. The molecule has 6 nitrogen and oxygen atoms in total. The summed E-state index contributed by atoms with van der Waals surface area (Å²) in [6.07, 6.45) is 0. The molecule has 0 aliphatic carbocycles. The van der Waals surface area contributed by atoms with Gasteiger partial charge in [0.15, 0.2) is 0 Å². The molecule has 1 aromatic heterocycles. The van der Waals surface area contributed by atoms with Gasteiger partial charge in [-0.3, -0.25) is 4.79 Å². The molecule has 1 amide bonds. The second-order valence-electron chi connectivity index (χ2n) is 8.33. The number of imidazole rings is 1. The number of aromatic nitrogens is 2. The highest BCUT2D eigenvalue weighted by molar-refractivity contribution is 5.97. The topological polar surface area (TPSA) is 65.4 Å². The molecule has 0 bridgehead atoms. The SMILES string of the molecule is COc1ccccc1C(=O)NC(C)c1nc2ccccc2n1CCOc1cccc2ccccc12. The molecule has 1 N–H and O–H groups in total. The van der Waals surface area contributed by atoms with Crippen LogP contribution in [0, 0.1) is 0 Å². The van der Waals surface area contributed by atoms with Crippen LogP contribution in [0.15, 0.2) is 91.0 Å². The number of para-hydroxylation sites is 3. The number of hydrogen-bond acceptors (Lipinski definition) is 4. The molecular formula is C29H27N3O3. The van der Waals surface area contributed by atoms with Gasteiger partial charge in [0, 0.05) is 5.39 Å². The van der Waals surface area contributed by atoms with Crippen LogP contribution in [0.1, 0.15) is 29.1 Å². The van der Waals surface area contributed by atoms with Crippen molar-refractivity contribution in [1.29, 1.82) is 0 Å². The van der Waals surface area contributed by atoms with Crippen molar-refractivity contribution >= 4 is 27.7 Å². The van der Waals surface area contributed by atoms with Crippen LogP contribution in [0.3, 0.4) is 0 Å². The Morgan fingerprint density at radius 1 is 0.914 bits per heavy atom. The van der Waals surface area contributed by atoms with Crippen LogP contribution in [0.4, 0.5) is 0 Å². The van der Waals surface area contributed by atoms with E-state index in [0.29, 0.717) is 24.5 Å². The number of methoxy groups -OCH3 is 1. The first-order valence-corrected chi connectivity index (χ1v) is 11.7. The third-order valence-electron chi connectivity index (χ3n) is 6.09. The highest BCUT2D eigenvalue weighted by atomic mass is 16.5. The Bertz CT molecular complexity index is 1490. The number of fused-ring (bicyclic) bond motifs is 2. The van der Waals surface area contributed by atoms with Crippen molar-refractivity contribution < 1.29 is 14.3 Å². The van der Waals surface area contributed by atoms with Crippen LogP contribution in [0.25, 0.3) is 21.8 Å². The molecule has 1 heterocycles. The summed E-state index contributed by atoms with van der Waals surface area (Å²) in [5, 5.41) is 5.31. The molecule has 0 radical (unpaired) electrons. The van der Waals surface area contributed by atoms with Crippen molar-refractivity contribution in [3.05, 3.63) is 102 Å². The average Bonchev–Trinajstić information content (AvgIpc) is 3.27. The molecule has 35 heavy (non-hydrogen) atoms. The largest absolute Gasteiger partial charge is 0.496 e. The van der Waals surface area contributed by atoms with Gasteiger partial charge in [-0.1, -0.05) is 60.7 Å². The van der Waals surface area contributed by atoms with E-state index in [1.807, 2.05) is 67.6 Å². The van der Waals surface area contributed by atoms with Gasteiger partial charge in [-0.05, 0) is 42.6 Å². The minimum atomic E-state index is -0.322. The number of rotatable bonds is 8. The molecule has 0 fully saturated rings. The Kier molecular flexibility index (Phi) is 6.35. The van der Waals surface area contributed by atoms with Crippen molar-refractivity contribution in [1.82, 2.24) is 14.9 Å². The van der Waals surface area contributed by atoms with E-state index in [2.05, 4.69) is 28.1 Å². The zero-order valence-corrected chi connectivity index (χ0v) is 19.8. The monoisotopic (exact) mass is 465 g/mol. The van der Waals surface area contributed by atoms with Crippen LogP contribution in [-0.4, -0.2) is 29.2 Å². The molecule has 176 valence electrons. The van der Waals surface area contributed by atoms with Gasteiger partial charge in [0.1, 0.15) is 23.9 Å². The van der Waals surface area contributed by atoms with Gasteiger partial charge in [0.05, 0.1) is 36.3 Å². The second-order valence-corrected chi connectivity index (χ2v) is 8.33. The lowest BCUT2D eigenvalue weighted by atomic mass is 10.1. The van der Waals surface area contributed by atoms with Crippen molar-refractivity contribution in [3.63, 3.8) is 0 Å². The van der Waals surface area contributed by atoms with Crippen LogP contribution >= 0.6 is 0 Å². The van der Waals surface area contributed by atoms with Gasteiger partial charge in [-0.2, -0.15) is 0 Å². The molecular weight excluding hydrogens is 438 g/mol. The number of carbonyl (C=O) groups is 1. The minimum absolute atomic E-state index is 0.208. The zero-order valence-electron chi connectivity index (χ0n) is 19.8. The van der Waals surface area contributed by atoms with Crippen LogP contribution < -0.4 is 14.8 Å². The smallest absolute Gasteiger partial charge is 0.255 e. The maximum atomic E-state index is 13.0. The molecule has 5 rings (SSSR count). The Hall–Kier alpha value is -4.32. The van der Waals surface area contributed by atoms with Gasteiger partial charge in [-0.15, -0.1) is 0 Å². The maximum absolute atomic E-state index is 13.0. The lowest BCUT2D eigenvalue weighted by Crippen LogP contribution is -2.29. The molecule has 0 aliphatic rings. The Balaban J connectivity index is 1.38. The van der Waals surface area contributed by atoms with Crippen LogP contribution in [-0.2, 0) is 6.54 Å². The predicted molar refractivity (Wildman–Crippen MR) is 138 cm³/mol. The fourth-order valence-electron chi connectivity index (χ4n) is 4.40. The summed E-state index contributed by atoms with van der Waals surface area (Å²) in [5.74, 6) is 1.96. The molecule has 1 unspecified atom stereocenters. The fraction of sp³-hybridized carbons (Fsp3) is 0.172. The van der Waals surface area contributed by atoms with Gasteiger partial charge in [0.2, 0.25) is 0 Å². The fourth-order valence-corrected chi connectivity index (χ4v) is 4.40. The van der Waals surface area contributed by atoms with Crippen molar-refractivity contribution in [2.45, 2.75) is 19.5 Å². The van der Waals surface area contributed by atoms with Crippen molar-refractivity contribution in [2.75, 3.05) is 13.7 Å². The lowest BCUT2D eigenvalue weighted by molar-refractivity contribution is 0.0934. The number of benzene rings is 4. The Morgan fingerprint density at radius 3 is 2.51 bits per heavy atom. The average molecular weight is 466 g/mol. The van der Waals surface area contributed by atoms with E-state index in [0.717, 1.165) is 33.4 Å². The number of carbonyl (C=O) groups excluding carboxylic acids is 1. The highest BCUT2D eigenvalue weighted by Crippen LogP contribution is 2.26. The van der Waals surface area contributed by atoms with Gasteiger partial charge >= 0.3 is 0 Å². The van der Waals surface area contributed by atoms with Crippen LogP contribution in [0.5, 0.6) is 11.5 Å². The van der Waals surface area contributed by atoms with Gasteiger partial charge in [0.25, 0.3) is 5.91 Å². The number of nitrogens with zero attached hydrogens (tertiary/aromatic N) is 2. The van der Waals surface area contributed by atoms with Crippen molar-refractivity contribution in [3.8, 4) is 11.5 Å². The summed E-state index contributed by atoms with van der Waals surface area (Å²) in [4.78, 5) is 17.8. The zero-order chi connectivity index (χ0) is 24.2. The van der Waals surface area contributed by atoms with E-state index in [-0.39, 0.29) is 11.9 Å². The summed E-state index contributed by atoms with van der Waals surface area (Å²) >= 11 is 0. The Labute approximate surface area is 204 Å². The molecule has 0 aliphatic heterocycles. The first kappa shape index (κ1) is 22.5. The molecule has 1 atom stereocenters. The summed E-state index contributed by atoms with van der Waals surface area (Å²) in [6.45, 7) is 3.00. The lowest BCUT2D eigenvalue weighted by Gasteiger charge is -2.18. The second kappa shape index (κ2) is 9.89. The number of nitrogens with one attached hydrogen (secondary N) is 1. The molecule has 6 heteroatoms. The number of amides is 1. The summed E-state index contributed by atoms with van der Waals surface area (Å²) in [5.41, 5.74) is 2.37. The standard InChI is InChI=1S/C29H27N3O3/c1-20(30-29(33)23-13-5-8-16-26(23)34-2)28-31-24-14-6-7-15-25(24)32(28)18-19-35-27-17-9-11-21-10-3-4-12-22(21)27/h3-17,20H,18-19H2,1-2H3,(H,30,33). The van der Waals surface area contributed by atoms with E-state index >= 15 is 0 Å². The highest BCUT2D eigenvalue weighted by Gasteiger charge is 2.20. The predicted octanol–water partition coefficient (Wildman–Crippen LogP) is 5.77. The van der Waals surface area contributed by atoms with E-state index in [9.17, 15) is 4.79 Å². The van der Waals surface area contributed by atoms with Gasteiger partial charge < -0.3 is 19.4 Å². The van der Waals surface area contributed by atoms with E-state index < -0.39 is 0 Å². The molecule has 0 saturated heterocycles. The summed E-state index contributed by atoms with van der Waals surface area (Å²) < 4.78 is 13.7. The molecule has 4 aromatic carbocycles. The third kappa shape index (κ3) is 4.55. The summed E-state index contributed by atoms with van der Waals surface area (Å²) in [6, 6.07) is 29.1. The molecule has 0 saturated carbocycles. The minimum Gasteiger partial charge on any atom is -0.496 e. The van der Waals surface area contributed by atoms with Crippen LogP contribution in [0.2, 0.25) is 0 Å². The van der Waals surface area contributed by atoms with E-state index in [1.165, 1.54) is 0 Å². The number of ether oxygens (including phenoxy) is 2. The summed E-state index contributed by atoms with van der Waals surface area (Å²) in [7, 11) is 1.56. The normalized spacial score (nSPS) is 11.9. The van der Waals surface area contributed by atoms with E-state index in [4.69, 9.17) is 14.5 Å². The maximum Gasteiger partial charge on any atom is 0.255 e.